The zero-order chi connectivity index (χ0) is 15.1. The van der Waals surface area contributed by atoms with Crippen LogP contribution >= 0.6 is 0 Å². The predicted molar refractivity (Wildman–Crippen MR) is 80.4 cm³/mol. The van der Waals surface area contributed by atoms with Crippen molar-refractivity contribution in [1.29, 1.82) is 0 Å². The summed E-state index contributed by atoms with van der Waals surface area (Å²) in [6.45, 7) is 10.8. The van der Waals surface area contributed by atoms with Gasteiger partial charge < -0.3 is 4.90 Å². The Labute approximate surface area is 121 Å². The number of amides is 1. The second-order valence-corrected chi connectivity index (χ2v) is 6.04. The third-order valence-corrected chi connectivity index (χ3v) is 5.02. The fraction of sp³-hybridized carbons (Fsp3) is 0.588. The summed E-state index contributed by atoms with van der Waals surface area (Å²) in [5.74, 6) is 0.316. The van der Waals surface area contributed by atoms with Gasteiger partial charge >= 0.3 is 0 Å². The lowest BCUT2D eigenvalue weighted by atomic mass is 9.66. The van der Waals surface area contributed by atoms with Crippen molar-refractivity contribution in [3.05, 3.63) is 29.6 Å². The number of hydrogen-bond acceptors (Lipinski definition) is 1. The van der Waals surface area contributed by atoms with E-state index in [2.05, 4.69) is 20.8 Å². The molecule has 1 heterocycles. The van der Waals surface area contributed by atoms with E-state index in [0.29, 0.717) is 24.6 Å². The Morgan fingerprint density at radius 3 is 2.40 bits per heavy atom. The van der Waals surface area contributed by atoms with Gasteiger partial charge in [0.2, 0.25) is 5.91 Å². The first kappa shape index (κ1) is 15.0. The van der Waals surface area contributed by atoms with Crippen molar-refractivity contribution < 1.29 is 9.18 Å². The van der Waals surface area contributed by atoms with Gasteiger partial charge in [-0.25, -0.2) is 4.39 Å². The normalized spacial score (nSPS) is 23.4. The molecule has 1 aliphatic rings. The molecule has 2 nitrogen and oxygen atoms in total. The molecule has 0 spiro atoms. The molecule has 1 aromatic carbocycles. The number of hydrogen-bond donors (Lipinski definition) is 0. The van der Waals surface area contributed by atoms with Gasteiger partial charge in [-0.05, 0) is 36.8 Å². The summed E-state index contributed by atoms with van der Waals surface area (Å²) in [7, 11) is 0. The Kier molecular flexibility index (Phi) is 3.90. The molecular formula is C17H24FNO. The molecule has 1 aliphatic heterocycles. The molecule has 110 valence electrons. The quantitative estimate of drug-likeness (QED) is 0.810. The second kappa shape index (κ2) is 5.19. The minimum absolute atomic E-state index is 0.0591. The second-order valence-electron chi connectivity index (χ2n) is 6.04. The van der Waals surface area contributed by atoms with Gasteiger partial charge in [0.1, 0.15) is 5.82 Å². The molecule has 1 amide bonds. The fourth-order valence-corrected chi connectivity index (χ4v) is 3.58. The number of likely N-dealkylation sites (N-methyl/N-ethyl adjacent to an activating group) is 1. The number of carbonyl (C=O) groups excluding carboxylic acids is 1. The summed E-state index contributed by atoms with van der Waals surface area (Å²) in [6, 6.07) is 5.09. The van der Waals surface area contributed by atoms with Gasteiger partial charge in [0.25, 0.3) is 0 Å². The molecule has 2 rings (SSSR count). The summed E-state index contributed by atoms with van der Waals surface area (Å²) >= 11 is 0. The van der Waals surface area contributed by atoms with E-state index in [1.807, 2.05) is 19.9 Å². The highest BCUT2D eigenvalue weighted by Crippen LogP contribution is 2.51. The first-order chi connectivity index (χ1) is 9.41. The smallest absolute Gasteiger partial charge is 0.238 e. The Balaban J connectivity index is 2.72. The molecule has 1 aromatic rings. The minimum Gasteiger partial charge on any atom is -0.309 e. The molecule has 0 N–H and O–H groups in total. The van der Waals surface area contributed by atoms with E-state index in [1.165, 1.54) is 6.07 Å². The van der Waals surface area contributed by atoms with Crippen LogP contribution in [0, 0.1) is 17.7 Å². The molecule has 2 atom stereocenters. The van der Waals surface area contributed by atoms with Crippen molar-refractivity contribution in [2.75, 3.05) is 11.4 Å². The largest absolute Gasteiger partial charge is 0.309 e. The zero-order valence-electron chi connectivity index (χ0n) is 13.0. The van der Waals surface area contributed by atoms with Gasteiger partial charge in [0.15, 0.2) is 0 Å². The van der Waals surface area contributed by atoms with Crippen LogP contribution in [0.3, 0.4) is 0 Å². The molecule has 0 saturated heterocycles. The van der Waals surface area contributed by atoms with Crippen LogP contribution in [0.4, 0.5) is 10.1 Å². The van der Waals surface area contributed by atoms with Gasteiger partial charge in [0, 0.05) is 6.54 Å². The van der Waals surface area contributed by atoms with Crippen molar-refractivity contribution in [3.8, 4) is 0 Å². The van der Waals surface area contributed by atoms with E-state index >= 15 is 0 Å². The van der Waals surface area contributed by atoms with E-state index in [-0.39, 0.29) is 17.6 Å². The minimum atomic E-state index is -0.582. The van der Waals surface area contributed by atoms with Crippen LogP contribution < -0.4 is 4.90 Å². The Hall–Kier alpha value is -1.38. The van der Waals surface area contributed by atoms with Crippen LogP contribution in [-0.4, -0.2) is 12.5 Å². The number of para-hydroxylation sites is 1. The van der Waals surface area contributed by atoms with Crippen molar-refractivity contribution in [1.82, 2.24) is 0 Å². The fourth-order valence-electron chi connectivity index (χ4n) is 3.58. The van der Waals surface area contributed by atoms with Crippen LogP contribution in [-0.2, 0) is 10.2 Å². The predicted octanol–water partition coefficient (Wildman–Crippen LogP) is 4.13. The van der Waals surface area contributed by atoms with Crippen molar-refractivity contribution >= 4 is 11.6 Å². The van der Waals surface area contributed by atoms with Crippen LogP contribution in [0.25, 0.3) is 0 Å². The average molecular weight is 277 g/mol. The highest BCUT2D eigenvalue weighted by molar-refractivity contribution is 6.08. The van der Waals surface area contributed by atoms with Gasteiger partial charge in [-0.1, -0.05) is 39.8 Å². The summed E-state index contributed by atoms with van der Waals surface area (Å²) in [5, 5.41) is 0. The first-order valence-corrected chi connectivity index (χ1v) is 7.52. The lowest BCUT2D eigenvalue weighted by Crippen LogP contribution is -2.46. The van der Waals surface area contributed by atoms with Crippen molar-refractivity contribution in [2.45, 2.75) is 46.5 Å². The number of anilines is 1. The Bertz CT molecular complexity index is 526. The lowest BCUT2D eigenvalue weighted by Gasteiger charge is -2.36. The van der Waals surface area contributed by atoms with E-state index in [0.717, 1.165) is 5.56 Å². The molecule has 0 aliphatic carbocycles. The molecule has 0 saturated carbocycles. The third kappa shape index (κ3) is 1.79. The summed E-state index contributed by atoms with van der Waals surface area (Å²) in [6.07, 6.45) is 0.706. The van der Waals surface area contributed by atoms with Gasteiger partial charge in [0.05, 0.1) is 11.1 Å². The van der Waals surface area contributed by atoms with Crippen molar-refractivity contribution in [2.24, 2.45) is 11.8 Å². The molecule has 0 aromatic heterocycles. The number of halogens is 1. The maximum absolute atomic E-state index is 14.3. The zero-order valence-corrected chi connectivity index (χ0v) is 13.0. The molecule has 0 fully saturated rings. The molecule has 3 heteroatoms. The van der Waals surface area contributed by atoms with E-state index in [9.17, 15) is 9.18 Å². The standard InChI is InChI=1S/C17H24FNO/c1-6-17(12(5)11(3)4)13-9-8-10-14(18)15(13)19(7-2)16(17)20/h8-12H,6-7H2,1-5H3. The van der Waals surface area contributed by atoms with Crippen LogP contribution in [0.15, 0.2) is 18.2 Å². The van der Waals surface area contributed by atoms with Crippen LogP contribution in [0.2, 0.25) is 0 Å². The Morgan fingerprint density at radius 2 is 1.90 bits per heavy atom. The number of nitrogens with zero attached hydrogens (tertiary/aromatic N) is 1. The van der Waals surface area contributed by atoms with Crippen LogP contribution in [0.1, 0.15) is 46.6 Å². The van der Waals surface area contributed by atoms with Crippen LogP contribution in [0.5, 0.6) is 0 Å². The molecule has 20 heavy (non-hydrogen) atoms. The molecule has 2 unspecified atom stereocenters. The molecular weight excluding hydrogens is 253 g/mol. The monoisotopic (exact) mass is 277 g/mol. The average Bonchev–Trinajstić information content (AvgIpc) is 2.68. The first-order valence-electron chi connectivity index (χ1n) is 7.52. The summed E-state index contributed by atoms with van der Waals surface area (Å²) in [5.41, 5.74) is 0.782. The number of benzene rings is 1. The SMILES string of the molecule is CCN1C(=O)C(CC)(C(C)C(C)C)c2cccc(F)c21. The third-order valence-electron chi connectivity index (χ3n) is 5.02. The maximum atomic E-state index is 14.3. The summed E-state index contributed by atoms with van der Waals surface area (Å²) < 4.78 is 14.3. The topological polar surface area (TPSA) is 20.3 Å². The Morgan fingerprint density at radius 1 is 1.25 bits per heavy atom. The van der Waals surface area contributed by atoms with Crippen molar-refractivity contribution in [3.63, 3.8) is 0 Å². The van der Waals surface area contributed by atoms with E-state index < -0.39 is 5.41 Å². The molecule has 0 radical (unpaired) electrons. The highest BCUT2D eigenvalue weighted by atomic mass is 19.1. The van der Waals surface area contributed by atoms with E-state index in [4.69, 9.17) is 0 Å². The molecule has 0 bridgehead atoms. The maximum Gasteiger partial charge on any atom is 0.238 e. The van der Waals surface area contributed by atoms with Gasteiger partial charge in [-0.2, -0.15) is 0 Å². The van der Waals surface area contributed by atoms with E-state index in [1.54, 1.807) is 11.0 Å². The number of rotatable bonds is 4. The summed E-state index contributed by atoms with van der Waals surface area (Å²) in [4.78, 5) is 14.6. The van der Waals surface area contributed by atoms with Gasteiger partial charge in [-0.3, -0.25) is 4.79 Å². The van der Waals surface area contributed by atoms with Gasteiger partial charge in [-0.15, -0.1) is 0 Å². The lowest BCUT2D eigenvalue weighted by molar-refractivity contribution is -0.125. The number of carbonyl (C=O) groups is 1. The number of fused-ring (bicyclic) bond motifs is 1. The highest BCUT2D eigenvalue weighted by Gasteiger charge is 2.53.